The Morgan fingerprint density at radius 1 is 1.36 bits per heavy atom. The van der Waals surface area contributed by atoms with Gasteiger partial charge < -0.3 is 9.26 Å². The standard InChI is InChI=1S/C17H15ClN2O5/c1-10-15(16(19-25-10)11-5-2-3-6-12(11)18)17(23)24-9-14(22)20-8-4-7-13(20)21/h2-3,5-6H,4,7-9H2,1H3. The highest BCUT2D eigenvalue weighted by Crippen LogP contribution is 2.31. The van der Waals surface area contributed by atoms with Crippen LogP contribution < -0.4 is 0 Å². The first-order chi connectivity index (χ1) is 12.0. The lowest BCUT2D eigenvalue weighted by molar-refractivity contribution is -0.143. The van der Waals surface area contributed by atoms with Crippen molar-refractivity contribution in [3.63, 3.8) is 0 Å². The summed E-state index contributed by atoms with van der Waals surface area (Å²) in [6.45, 7) is 1.40. The number of esters is 1. The zero-order valence-electron chi connectivity index (χ0n) is 13.5. The summed E-state index contributed by atoms with van der Waals surface area (Å²) in [4.78, 5) is 37.0. The molecule has 0 N–H and O–H groups in total. The Kier molecular flexibility index (Phi) is 4.85. The van der Waals surface area contributed by atoms with E-state index in [4.69, 9.17) is 20.9 Å². The summed E-state index contributed by atoms with van der Waals surface area (Å²) < 4.78 is 10.2. The Morgan fingerprint density at radius 2 is 2.12 bits per heavy atom. The monoisotopic (exact) mass is 362 g/mol. The highest BCUT2D eigenvalue weighted by Gasteiger charge is 2.29. The van der Waals surface area contributed by atoms with Crippen molar-refractivity contribution in [2.24, 2.45) is 0 Å². The molecule has 7 nitrogen and oxygen atoms in total. The van der Waals surface area contributed by atoms with Crippen LogP contribution in [0.25, 0.3) is 11.3 Å². The molecule has 3 rings (SSSR count). The first kappa shape index (κ1) is 17.2. The molecule has 0 atom stereocenters. The maximum atomic E-state index is 12.4. The van der Waals surface area contributed by atoms with E-state index in [9.17, 15) is 14.4 Å². The lowest BCUT2D eigenvalue weighted by Crippen LogP contribution is -2.35. The normalized spacial score (nSPS) is 14.0. The number of likely N-dealkylation sites (tertiary alicyclic amines) is 1. The molecule has 8 heteroatoms. The van der Waals surface area contributed by atoms with Crippen LogP contribution in [-0.2, 0) is 14.3 Å². The molecule has 0 bridgehead atoms. The van der Waals surface area contributed by atoms with E-state index >= 15 is 0 Å². The van der Waals surface area contributed by atoms with Crippen molar-refractivity contribution in [1.82, 2.24) is 10.1 Å². The molecule has 2 aromatic rings. The third-order valence-electron chi connectivity index (χ3n) is 3.90. The van der Waals surface area contributed by atoms with Gasteiger partial charge >= 0.3 is 5.97 Å². The molecule has 1 aliphatic rings. The molecule has 1 aromatic carbocycles. The van der Waals surface area contributed by atoms with Crippen LogP contribution in [0.4, 0.5) is 0 Å². The summed E-state index contributed by atoms with van der Waals surface area (Å²) in [5.41, 5.74) is 0.875. The van der Waals surface area contributed by atoms with E-state index in [1.165, 1.54) is 0 Å². The molecule has 1 aromatic heterocycles. The Bertz CT molecular complexity index is 845. The van der Waals surface area contributed by atoms with E-state index < -0.39 is 18.5 Å². The van der Waals surface area contributed by atoms with E-state index in [0.717, 1.165) is 4.90 Å². The third-order valence-corrected chi connectivity index (χ3v) is 4.23. The minimum Gasteiger partial charge on any atom is -0.452 e. The lowest BCUT2D eigenvalue weighted by atomic mass is 10.1. The van der Waals surface area contributed by atoms with E-state index in [1.54, 1.807) is 31.2 Å². The summed E-state index contributed by atoms with van der Waals surface area (Å²) in [5, 5.41) is 4.28. The highest BCUT2D eigenvalue weighted by molar-refractivity contribution is 6.33. The summed E-state index contributed by atoms with van der Waals surface area (Å²) in [7, 11) is 0. The van der Waals surface area contributed by atoms with Gasteiger partial charge in [-0.05, 0) is 19.4 Å². The van der Waals surface area contributed by atoms with Gasteiger partial charge in [0, 0.05) is 18.5 Å². The van der Waals surface area contributed by atoms with E-state index in [2.05, 4.69) is 5.16 Å². The SMILES string of the molecule is Cc1onc(-c2ccccc2Cl)c1C(=O)OCC(=O)N1CCCC1=O. The fraction of sp³-hybridized carbons (Fsp3) is 0.294. The van der Waals surface area contributed by atoms with Gasteiger partial charge in [0.2, 0.25) is 5.91 Å². The fourth-order valence-electron chi connectivity index (χ4n) is 2.64. The second-order valence-electron chi connectivity index (χ2n) is 5.56. The average Bonchev–Trinajstić information content (AvgIpc) is 3.18. The maximum absolute atomic E-state index is 12.4. The van der Waals surface area contributed by atoms with Crippen molar-refractivity contribution in [1.29, 1.82) is 0 Å². The van der Waals surface area contributed by atoms with Crippen molar-refractivity contribution in [2.75, 3.05) is 13.2 Å². The van der Waals surface area contributed by atoms with E-state index in [1.807, 2.05) is 0 Å². The van der Waals surface area contributed by atoms with Crippen LogP contribution in [0.5, 0.6) is 0 Å². The summed E-state index contributed by atoms with van der Waals surface area (Å²) in [5.74, 6) is -1.29. The van der Waals surface area contributed by atoms with Crippen molar-refractivity contribution in [3.8, 4) is 11.3 Å². The first-order valence-corrected chi connectivity index (χ1v) is 8.08. The summed E-state index contributed by atoms with van der Waals surface area (Å²) in [6, 6.07) is 6.87. The van der Waals surface area contributed by atoms with Gasteiger partial charge in [-0.25, -0.2) is 4.79 Å². The Morgan fingerprint density at radius 3 is 2.80 bits per heavy atom. The molecule has 2 amide bonds. The molecule has 0 spiro atoms. The van der Waals surface area contributed by atoms with Crippen molar-refractivity contribution < 1.29 is 23.6 Å². The van der Waals surface area contributed by atoms with Gasteiger partial charge in [-0.3, -0.25) is 14.5 Å². The number of nitrogens with zero attached hydrogens (tertiary/aromatic N) is 2. The number of carbonyl (C=O) groups is 3. The fourth-order valence-corrected chi connectivity index (χ4v) is 2.86. The van der Waals surface area contributed by atoms with Crippen molar-refractivity contribution in [2.45, 2.75) is 19.8 Å². The number of imide groups is 1. The van der Waals surface area contributed by atoms with Crippen LogP contribution in [0.1, 0.15) is 29.0 Å². The number of aryl methyl sites for hydroxylation is 1. The minimum atomic E-state index is -0.756. The van der Waals surface area contributed by atoms with Gasteiger partial charge in [0.25, 0.3) is 5.91 Å². The van der Waals surface area contributed by atoms with Gasteiger partial charge in [-0.15, -0.1) is 0 Å². The first-order valence-electron chi connectivity index (χ1n) is 7.70. The second-order valence-corrected chi connectivity index (χ2v) is 5.97. The van der Waals surface area contributed by atoms with Crippen LogP contribution in [0.15, 0.2) is 28.8 Å². The molecule has 1 aliphatic heterocycles. The number of halogens is 1. The van der Waals surface area contributed by atoms with Crippen molar-refractivity contribution >= 4 is 29.4 Å². The molecule has 1 saturated heterocycles. The molecule has 0 unspecified atom stereocenters. The molecule has 1 fully saturated rings. The highest BCUT2D eigenvalue weighted by atomic mass is 35.5. The molecule has 0 radical (unpaired) electrons. The van der Waals surface area contributed by atoms with Crippen LogP contribution in [0.2, 0.25) is 5.02 Å². The number of hydrogen-bond acceptors (Lipinski definition) is 6. The molecule has 0 aliphatic carbocycles. The van der Waals surface area contributed by atoms with Crippen molar-refractivity contribution in [3.05, 3.63) is 40.6 Å². The molecule has 2 heterocycles. The zero-order valence-corrected chi connectivity index (χ0v) is 14.2. The largest absolute Gasteiger partial charge is 0.452 e. The molecule has 0 saturated carbocycles. The number of amides is 2. The predicted molar refractivity (Wildman–Crippen MR) is 87.9 cm³/mol. The van der Waals surface area contributed by atoms with E-state index in [0.29, 0.717) is 30.0 Å². The van der Waals surface area contributed by atoms with E-state index in [-0.39, 0.29) is 22.9 Å². The van der Waals surface area contributed by atoms with Crippen LogP contribution in [0, 0.1) is 6.92 Å². The quantitative estimate of drug-likeness (QED) is 0.776. The summed E-state index contributed by atoms with van der Waals surface area (Å²) >= 11 is 6.14. The number of carbonyl (C=O) groups excluding carboxylic acids is 3. The second kappa shape index (κ2) is 7.06. The smallest absolute Gasteiger partial charge is 0.344 e. The number of ether oxygens (including phenoxy) is 1. The van der Waals surface area contributed by atoms with Crippen LogP contribution in [0.3, 0.4) is 0 Å². The van der Waals surface area contributed by atoms with Gasteiger partial charge in [0.15, 0.2) is 6.61 Å². The van der Waals surface area contributed by atoms with Gasteiger partial charge in [0.1, 0.15) is 17.0 Å². The van der Waals surface area contributed by atoms with Crippen LogP contribution >= 0.6 is 11.6 Å². The molecular formula is C17H15ClN2O5. The molecule has 25 heavy (non-hydrogen) atoms. The third kappa shape index (κ3) is 3.41. The molecular weight excluding hydrogens is 348 g/mol. The van der Waals surface area contributed by atoms with Gasteiger partial charge in [-0.1, -0.05) is 35.0 Å². The Labute approximate surface area is 148 Å². The maximum Gasteiger partial charge on any atom is 0.344 e. The van der Waals surface area contributed by atoms with Gasteiger partial charge in [-0.2, -0.15) is 0 Å². The summed E-state index contributed by atoms with van der Waals surface area (Å²) in [6.07, 6.45) is 0.959. The zero-order chi connectivity index (χ0) is 18.0. The number of benzene rings is 1. The number of aromatic nitrogens is 1. The minimum absolute atomic E-state index is 0.105. The lowest BCUT2D eigenvalue weighted by Gasteiger charge is -2.13. The number of hydrogen-bond donors (Lipinski definition) is 0. The Hall–Kier alpha value is -2.67. The topological polar surface area (TPSA) is 89.7 Å². The number of rotatable bonds is 4. The average molecular weight is 363 g/mol. The molecule has 130 valence electrons. The Balaban J connectivity index is 1.77. The van der Waals surface area contributed by atoms with Crippen LogP contribution in [-0.4, -0.2) is 41.0 Å². The predicted octanol–water partition coefficient (Wildman–Crippen LogP) is 2.61. The van der Waals surface area contributed by atoms with Gasteiger partial charge in [0.05, 0.1) is 5.02 Å².